The second kappa shape index (κ2) is 9.44. The van der Waals surface area contributed by atoms with E-state index < -0.39 is 0 Å². The van der Waals surface area contributed by atoms with E-state index in [1.165, 1.54) is 5.56 Å². The van der Waals surface area contributed by atoms with Gasteiger partial charge in [-0.1, -0.05) is 53.0 Å². The van der Waals surface area contributed by atoms with Crippen LogP contribution in [0.15, 0.2) is 42.5 Å². The Morgan fingerprint density at radius 2 is 1.93 bits per heavy atom. The molecule has 0 saturated carbocycles. The quantitative estimate of drug-likeness (QED) is 0.716. The number of nitrogens with zero attached hydrogens (tertiary/aromatic N) is 1. The third kappa shape index (κ3) is 5.49. The van der Waals surface area contributed by atoms with E-state index >= 15 is 0 Å². The first-order valence-electron chi connectivity index (χ1n) is 9.48. The van der Waals surface area contributed by atoms with Gasteiger partial charge in [-0.05, 0) is 49.1 Å². The SMILES string of the molecule is Cc1ccc(CN2C(=O)CCC2CC(=O)NCCc2cc(Cl)ccc2Cl)cc1. The first-order valence-corrected chi connectivity index (χ1v) is 10.2. The monoisotopic (exact) mass is 418 g/mol. The zero-order chi connectivity index (χ0) is 20.1. The van der Waals surface area contributed by atoms with E-state index in [1.54, 1.807) is 12.1 Å². The average molecular weight is 419 g/mol. The standard InChI is InChI=1S/C22H24Cl2N2O2/c1-15-2-4-16(5-3-15)14-26-19(7-9-22(26)28)13-21(27)25-11-10-17-12-18(23)6-8-20(17)24/h2-6,8,12,19H,7,9-11,13-14H2,1H3,(H,25,27). The van der Waals surface area contributed by atoms with Crippen molar-refractivity contribution in [3.63, 3.8) is 0 Å². The number of rotatable bonds is 7. The molecule has 1 aliphatic heterocycles. The molecular formula is C22H24Cl2N2O2. The predicted octanol–water partition coefficient (Wildman–Crippen LogP) is 4.54. The lowest BCUT2D eigenvalue weighted by Gasteiger charge is -2.24. The molecule has 0 aliphatic carbocycles. The van der Waals surface area contributed by atoms with Crippen molar-refractivity contribution in [1.82, 2.24) is 10.2 Å². The van der Waals surface area contributed by atoms with E-state index in [1.807, 2.05) is 42.2 Å². The first-order chi connectivity index (χ1) is 13.4. The van der Waals surface area contributed by atoms with Gasteiger partial charge in [0.25, 0.3) is 0 Å². The van der Waals surface area contributed by atoms with Crippen molar-refractivity contribution < 1.29 is 9.59 Å². The zero-order valence-electron chi connectivity index (χ0n) is 15.9. The van der Waals surface area contributed by atoms with Gasteiger partial charge in [0.15, 0.2) is 0 Å². The van der Waals surface area contributed by atoms with E-state index in [9.17, 15) is 9.59 Å². The topological polar surface area (TPSA) is 49.4 Å². The van der Waals surface area contributed by atoms with Gasteiger partial charge in [0, 0.05) is 42.0 Å². The van der Waals surface area contributed by atoms with Crippen molar-refractivity contribution in [2.45, 2.75) is 45.2 Å². The number of amides is 2. The van der Waals surface area contributed by atoms with Crippen molar-refractivity contribution in [3.05, 3.63) is 69.2 Å². The van der Waals surface area contributed by atoms with Crippen LogP contribution in [0.1, 0.15) is 36.0 Å². The molecule has 1 N–H and O–H groups in total. The largest absolute Gasteiger partial charge is 0.356 e. The molecule has 1 aliphatic rings. The Balaban J connectivity index is 1.51. The van der Waals surface area contributed by atoms with E-state index in [0.29, 0.717) is 42.4 Å². The summed E-state index contributed by atoms with van der Waals surface area (Å²) in [6.45, 7) is 3.07. The molecule has 1 heterocycles. The van der Waals surface area contributed by atoms with Crippen LogP contribution < -0.4 is 5.32 Å². The van der Waals surface area contributed by atoms with Crippen molar-refractivity contribution in [2.24, 2.45) is 0 Å². The lowest BCUT2D eigenvalue weighted by Crippen LogP contribution is -2.37. The molecule has 28 heavy (non-hydrogen) atoms. The number of hydrogen-bond acceptors (Lipinski definition) is 2. The van der Waals surface area contributed by atoms with Gasteiger partial charge in [0.2, 0.25) is 11.8 Å². The number of halogens is 2. The Morgan fingerprint density at radius 3 is 2.68 bits per heavy atom. The minimum absolute atomic E-state index is 0.0493. The van der Waals surface area contributed by atoms with Crippen LogP contribution in [0, 0.1) is 6.92 Å². The maximum Gasteiger partial charge on any atom is 0.223 e. The molecule has 4 nitrogen and oxygen atoms in total. The van der Waals surface area contributed by atoms with Gasteiger partial charge >= 0.3 is 0 Å². The summed E-state index contributed by atoms with van der Waals surface area (Å²) in [5, 5.41) is 4.20. The highest BCUT2D eigenvalue weighted by atomic mass is 35.5. The van der Waals surface area contributed by atoms with Crippen molar-refractivity contribution in [1.29, 1.82) is 0 Å². The highest BCUT2D eigenvalue weighted by molar-refractivity contribution is 6.33. The summed E-state index contributed by atoms with van der Waals surface area (Å²) in [6, 6.07) is 13.4. The zero-order valence-corrected chi connectivity index (χ0v) is 17.4. The van der Waals surface area contributed by atoms with Gasteiger partial charge in [-0.25, -0.2) is 0 Å². The van der Waals surface area contributed by atoms with Crippen LogP contribution in [0.5, 0.6) is 0 Å². The van der Waals surface area contributed by atoms with E-state index in [2.05, 4.69) is 5.32 Å². The predicted molar refractivity (Wildman–Crippen MR) is 113 cm³/mol. The number of aryl methyl sites for hydroxylation is 1. The highest BCUT2D eigenvalue weighted by Gasteiger charge is 2.32. The number of likely N-dealkylation sites (tertiary alicyclic amines) is 1. The molecular weight excluding hydrogens is 395 g/mol. The molecule has 0 aromatic heterocycles. The van der Waals surface area contributed by atoms with Gasteiger partial charge in [0.1, 0.15) is 0 Å². The molecule has 6 heteroatoms. The van der Waals surface area contributed by atoms with Gasteiger partial charge in [0.05, 0.1) is 0 Å². The molecule has 1 atom stereocenters. The molecule has 1 fully saturated rings. The van der Waals surface area contributed by atoms with Crippen molar-refractivity contribution in [3.8, 4) is 0 Å². The summed E-state index contributed by atoms with van der Waals surface area (Å²) in [5.41, 5.74) is 3.18. The minimum atomic E-state index is -0.0523. The average Bonchev–Trinajstić information content (AvgIpc) is 2.99. The van der Waals surface area contributed by atoms with Gasteiger partial charge in [-0.3, -0.25) is 9.59 Å². The molecule has 0 bridgehead atoms. The summed E-state index contributed by atoms with van der Waals surface area (Å²) >= 11 is 12.1. The molecule has 148 valence electrons. The van der Waals surface area contributed by atoms with E-state index in [-0.39, 0.29) is 17.9 Å². The lowest BCUT2D eigenvalue weighted by molar-refractivity contribution is -0.130. The Bertz CT molecular complexity index is 852. The normalized spacial score (nSPS) is 16.5. The van der Waals surface area contributed by atoms with Crippen LogP contribution in [0.2, 0.25) is 10.0 Å². The third-order valence-corrected chi connectivity index (χ3v) is 5.68. The molecule has 3 rings (SSSR count). The molecule has 2 amide bonds. The van der Waals surface area contributed by atoms with Crippen LogP contribution in [-0.4, -0.2) is 29.3 Å². The molecule has 0 spiro atoms. The lowest BCUT2D eigenvalue weighted by atomic mass is 10.1. The maximum absolute atomic E-state index is 12.4. The number of carbonyl (C=O) groups is 2. The first kappa shape index (κ1) is 20.7. The van der Waals surface area contributed by atoms with Crippen LogP contribution in [-0.2, 0) is 22.6 Å². The summed E-state index contributed by atoms with van der Waals surface area (Å²) in [7, 11) is 0. The molecule has 0 radical (unpaired) electrons. The fourth-order valence-electron chi connectivity index (χ4n) is 3.47. The highest BCUT2D eigenvalue weighted by Crippen LogP contribution is 2.24. The second-order valence-corrected chi connectivity index (χ2v) is 8.08. The van der Waals surface area contributed by atoms with E-state index in [4.69, 9.17) is 23.2 Å². The fourth-order valence-corrected chi connectivity index (χ4v) is 3.88. The summed E-state index contributed by atoms with van der Waals surface area (Å²) in [5.74, 6) is 0.0656. The van der Waals surface area contributed by atoms with Gasteiger partial charge in [-0.15, -0.1) is 0 Å². The maximum atomic E-state index is 12.4. The summed E-state index contributed by atoms with van der Waals surface area (Å²) in [6.07, 6.45) is 2.16. The number of hydrogen-bond donors (Lipinski definition) is 1. The van der Waals surface area contributed by atoms with Crippen LogP contribution in [0.25, 0.3) is 0 Å². The minimum Gasteiger partial charge on any atom is -0.356 e. The van der Waals surface area contributed by atoms with Crippen LogP contribution in [0.4, 0.5) is 0 Å². The molecule has 1 unspecified atom stereocenters. The third-order valence-electron chi connectivity index (χ3n) is 5.07. The number of carbonyl (C=O) groups excluding carboxylic acids is 2. The Labute approximate surface area is 175 Å². The van der Waals surface area contributed by atoms with Gasteiger partial charge in [-0.2, -0.15) is 0 Å². The number of nitrogens with one attached hydrogen (secondary N) is 1. The van der Waals surface area contributed by atoms with Crippen molar-refractivity contribution in [2.75, 3.05) is 6.54 Å². The second-order valence-electron chi connectivity index (χ2n) is 7.24. The molecule has 2 aromatic rings. The van der Waals surface area contributed by atoms with Crippen LogP contribution in [0.3, 0.4) is 0 Å². The smallest absolute Gasteiger partial charge is 0.223 e. The Hall–Kier alpha value is -2.04. The molecule has 2 aromatic carbocycles. The van der Waals surface area contributed by atoms with Crippen LogP contribution >= 0.6 is 23.2 Å². The summed E-state index contributed by atoms with van der Waals surface area (Å²) in [4.78, 5) is 26.5. The summed E-state index contributed by atoms with van der Waals surface area (Å²) < 4.78 is 0. The Kier molecular flexibility index (Phi) is 6.97. The van der Waals surface area contributed by atoms with Gasteiger partial charge < -0.3 is 10.2 Å². The fraction of sp³-hybridized carbons (Fsp3) is 0.364. The Morgan fingerprint density at radius 1 is 1.18 bits per heavy atom. The number of benzene rings is 2. The van der Waals surface area contributed by atoms with E-state index in [0.717, 1.165) is 17.5 Å². The van der Waals surface area contributed by atoms with Crippen molar-refractivity contribution >= 4 is 35.0 Å². The molecule has 1 saturated heterocycles.